The van der Waals surface area contributed by atoms with Crippen LogP contribution in [0.5, 0.6) is 5.75 Å². The molecular weight excluding hydrogens is 240 g/mol. The molecule has 0 fully saturated rings. The molecule has 0 aliphatic carbocycles. The molecule has 0 radical (unpaired) electrons. The lowest BCUT2D eigenvalue weighted by Gasteiger charge is -2.10. The summed E-state index contributed by atoms with van der Waals surface area (Å²) in [5, 5.41) is -0.237. The standard InChI is InChI=1S/C9H11ClO4S/c1-7(10)6-14-8-4-2-3-5-9(8)15(11,12)13/h2-5,7H,6H2,1H3,(H,11,12,13). The van der Waals surface area contributed by atoms with Gasteiger partial charge in [0.15, 0.2) is 0 Å². The van der Waals surface area contributed by atoms with Gasteiger partial charge in [-0.3, -0.25) is 4.55 Å². The molecule has 15 heavy (non-hydrogen) atoms. The van der Waals surface area contributed by atoms with Gasteiger partial charge in [0.05, 0.1) is 5.38 Å². The van der Waals surface area contributed by atoms with Gasteiger partial charge in [0.1, 0.15) is 17.3 Å². The van der Waals surface area contributed by atoms with E-state index in [0.29, 0.717) is 0 Å². The third-order valence-corrected chi connectivity index (χ3v) is 2.61. The molecule has 1 N–H and O–H groups in total. The quantitative estimate of drug-likeness (QED) is 0.655. The molecule has 1 atom stereocenters. The molecule has 0 aliphatic rings. The fourth-order valence-electron chi connectivity index (χ4n) is 0.987. The minimum absolute atomic E-state index is 0.104. The van der Waals surface area contributed by atoms with Crippen LogP contribution in [-0.2, 0) is 10.1 Å². The van der Waals surface area contributed by atoms with Crippen LogP contribution in [0.25, 0.3) is 0 Å². The largest absolute Gasteiger partial charge is 0.491 e. The SMILES string of the molecule is CC(Cl)COc1ccccc1S(=O)(=O)O. The van der Waals surface area contributed by atoms with Gasteiger partial charge in [0, 0.05) is 0 Å². The van der Waals surface area contributed by atoms with Gasteiger partial charge in [0.2, 0.25) is 0 Å². The molecule has 0 amide bonds. The molecule has 0 saturated carbocycles. The first-order valence-electron chi connectivity index (χ1n) is 4.24. The molecule has 0 heterocycles. The molecule has 1 aromatic rings. The zero-order valence-electron chi connectivity index (χ0n) is 8.05. The molecule has 1 rings (SSSR count). The Bertz CT molecular complexity index is 427. The molecule has 1 aromatic carbocycles. The average Bonchev–Trinajstić information content (AvgIpc) is 2.13. The van der Waals surface area contributed by atoms with Crippen LogP contribution in [0.15, 0.2) is 29.2 Å². The molecule has 1 unspecified atom stereocenters. The highest BCUT2D eigenvalue weighted by atomic mass is 35.5. The van der Waals surface area contributed by atoms with E-state index in [4.69, 9.17) is 20.9 Å². The molecule has 0 aliphatic heterocycles. The van der Waals surface area contributed by atoms with Crippen LogP contribution in [0.1, 0.15) is 6.92 Å². The summed E-state index contributed by atoms with van der Waals surface area (Å²) in [6, 6.07) is 5.84. The van der Waals surface area contributed by atoms with E-state index in [1.807, 2.05) is 0 Å². The van der Waals surface area contributed by atoms with E-state index in [1.165, 1.54) is 18.2 Å². The lowest BCUT2D eigenvalue weighted by atomic mass is 10.3. The first-order valence-corrected chi connectivity index (χ1v) is 6.12. The summed E-state index contributed by atoms with van der Waals surface area (Å²) >= 11 is 5.66. The van der Waals surface area contributed by atoms with Crippen molar-refractivity contribution in [3.05, 3.63) is 24.3 Å². The second-order valence-corrected chi connectivity index (χ2v) is 5.15. The first-order chi connectivity index (χ1) is 6.91. The number of ether oxygens (including phenoxy) is 1. The van der Waals surface area contributed by atoms with Crippen molar-refractivity contribution in [2.75, 3.05) is 6.61 Å². The van der Waals surface area contributed by atoms with Crippen molar-refractivity contribution in [1.82, 2.24) is 0 Å². The van der Waals surface area contributed by atoms with Crippen LogP contribution in [-0.4, -0.2) is 25.0 Å². The number of hydrogen-bond donors (Lipinski definition) is 1. The summed E-state index contributed by atoms with van der Waals surface area (Å²) in [7, 11) is -4.25. The highest BCUT2D eigenvalue weighted by Gasteiger charge is 2.15. The fourth-order valence-corrected chi connectivity index (χ4v) is 1.68. The Morgan fingerprint density at radius 2 is 2.07 bits per heavy atom. The van der Waals surface area contributed by atoms with E-state index in [-0.39, 0.29) is 22.6 Å². The van der Waals surface area contributed by atoms with Crippen molar-refractivity contribution in [2.45, 2.75) is 17.2 Å². The van der Waals surface area contributed by atoms with E-state index >= 15 is 0 Å². The van der Waals surface area contributed by atoms with Gasteiger partial charge < -0.3 is 4.74 Å². The van der Waals surface area contributed by atoms with Gasteiger partial charge in [-0.2, -0.15) is 8.42 Å². The van der Waals surface area contributed by atoms with Crippen LogP contribution in [0.2, 0.25) is 0 Å². The Balaban J connectivity index is 2.98. The molecule has 0 bridgehead atoms. The maximum atomic E-state index is 10.9. The fraction of sp³-hybridized carbons (Fsp3) is 0.333. The number of halogens is 1. The van der Waals surface area contributed by atoms with Gasteiger partial charge in [0.25, 0.3) is 10.1 Å². The molecular formula is C9H11ClO4S. The molecule has 6 heteroatoms. The predicted octanol–water partition coefficient (Wildman–Crippen LogP) is 1.94. The molecule has 0 aromatic heterocycles. The maximum Gasteiger partial charge on any atom is 0.298 e. The first kappa shape index (κ1) is 12.3. The van der Waals surface area contributed by atoms with Gasteiger partial charge in [-0.25, -0.2) is 0 Å². The van der Waals surface area contributed by atoms with Crippen LogP contribution in [0.3, 0.4) is 0 Å². The van der Waals surface area contributed by atoms with Crippen LogP contribution < -0.4 is 4.74 Å². The van der Waals surface area contributed by atoms with Crippen molar-refractivity contribution in [3.63, 3.8) is 0 Å². The highest BCUT2D eigenvalue weighted by Crippen LogP contribution is 2.23. The van der Waals surface area contributed by atoms with E-state index < -0.39 is 10.1 Å². The van der Waals surface area contributed by atoms with E-state index in [2.05, 4.69) is 0 Å². The van der Waals surface area contributed by atoms with Gasteiger partial charge in [-0.15, -0.1) is 11.6 Å². The summed E-state index contributed by atoms with van der Waals surface area (Å²) in [5.74, 6) is 0.104. The second-order valence-electron chi connectivity index (χ2n) is 3.01. The summed E-state index contributed by atoms with van der Waals surface area (Å²) in [5.41, 5.74) is 0. The zero-order valence-corrected chi connectivity index (χ0v) is 9.62. The lowest BCUT2D eigenvalue weighted by Crippen LogP contribution is -2.10. The van der Waals surface area contributed by atoms with E-state index in [0.717, 1.165) is 0 Å². The molecule has 84 valence electrons. The van der Waals surface area contributed by atoms with Crippen molar-refractivity contribution in [1.29, 1.82) is 0 Å². The third-order valence-electron chi connectivity index (χ3n) is 1.60. The van der Waals surface area contributed by atoms with Crippen LogP contribution in [0, 0.1) is 0 Å². The highest BCUT2D eigenvalue weighted by molar-refractivity contribution is 7.86. The molecule has 4 nitrogen and oxygen atoms in total. The molecule has 0 spiro atoms. The Hall–Kier alpha value is -0.780. The second kappa shape index (κ2) is 4.83. The van der Waals surface area contributed by atoms with Crippen LogP contribution in [0.4, 0.5) is 0 Å². The number of alkyl halides is 1. The number of para-hydroxylation sites is 1. The number of benzene rings is 1. The Morgan fingerprint density at radius 1 is 1.47 bits per heavy atom. The topological polar surface area (TPSA) is 63.6 Å². The normalized spacial score (nSPS) is 13.5. The smallest absolute Gasteiger partial charge is 0.298 e. The number of rotatable bonds is 4. The predicted molar refractivity (Wildman–Crippen MR) is 57.1 cm³/mol. The van der Waals surface area contributed by atoms with Gasteiger partial charge in [-0.1, -0.05) is 12.1 Å². The summed E-state index contributed by atoms with van der Waals surface area (Å²) < 4.78 is 35.9. The number of hydrogen-bond acceptors (Lipinski definition) is 3. The maximum absolute atomic E-state index is 10.9. The monoisotopic (exact) mass is 250 g/mol. The summed E-state index contributed by atoms with van der Waals surface area (Å²) in [6.07, 6.45) is 0. The summed E-state index contributed by atoms with van der Waals surface area (Å²) in [6.45, 7) is 1.89. The van der Waals surface area contributed by atoms with Crippen molar-refractivity contribution >= 4 is 21.7 Å². The summed E-state index contributed by atoms with van der Waals surface area (Å²) in [4.78, 5) is -0.248. The average molecular weight is 251 g/mol. The Kier molecular flexibility index (Phi) is 3.96. The minimum atomic E-state index is -4.25. The Morgan fingerprint density at radius 3 is 2.60 bits per heavy atom. The van der Waals surface area contributed by atoms with Crippen molar-refractivity contribution in [2.24, 2.45) is 0 Å². The molecule has 0 saturated heterocycles. The van der Waals surface area contributed by atoms with Crippen LogP contribution >= 0.6 is 11.6 Å². The van der Waals surface area contributed by atoms with E-state index in [9.17, 15) is 8.42 Å². The van der Waals surface area contributed by atoms with Crippen molar-refractivity contribution in [3.8, 4) is 5.75 Å². The Labute approximate surface area is 93.6 Å². The lowest BCUT2D eigenvalue weighted by molar-refractivity contribution is 0.310. The van der Waals surface area contributed by atoms with E-state index in [1.54, 1.807) is 13.0 Å². The van der Waals surface area contributed by atoms with Gasteiger partial charge in [-0.05, 0) is 19.1 Å². The zero-order chi connectivity index (χ0) is 11.5. The van der Waals surface area contributed by atoms with Gasteiger partial charge >= 0.3 is 0 Å². The van der Waals surface area contributed by atoms with Crippen molar-refractivity contribution < 1.29 is 17.7 Å². The third kappa shape index (κ3) is 3.70. The minimum Gasteiger partial charge on any atom is -0.491 e.